The molecule has 0 heterocycles. The summed E-state index contributed by atoms with van der Waals surface area (Å²) < 4.78 is 0. The summed E-state index contributed by atoms with van der Waals surface area (Å²) >= 11 is 0. The molecule has 1 aromatic carbocycles. The Balaban J connectivity index is 2.81. The van der Waals surface area contributed by atoms with E-state index in [-0.39, 0.29) is 5.41 Å². The first-order chi connectivity index (χ1) is 10.2. The lowest BCUT2D eigenvalue weighted by Crippen LogP contribution is -2.10. The van der Waals surface area contributed by atoms with Crippen molar-refractivity contribution in [1.29, 1.82) is 0 Å². The predicted octanol–water partition coefficient (Wildman–Crippen LogP) is 6.71. The van der Waals surface area contributed by atoms with Gasteiger partial charge in [-0.3, -0.25) is 0 Å². The highest BCUT2D eigenvalue weighted by atomic mass is 14.2. The fourth-order valence-electron chi connectivity index (χ4n) is 2.10. The molecule has 0 aliphatic heterocycles. The summed E-state index contributed by atoms with van der Waals surface area (Å²) in [6, 6.07) is 8.80. The van der Waals surface area contributed by atoms with Gasteiger partial charge in [0.15, 0.2) is 0 Å². The molecule has 0 aliphatic rings. The molecule has 1 rings (SSSR count). The van der Waals surface area contributed by atoms with E-state index in [1.165, 1.54) is 22.3 Å². The van der Waals surface area contributed by atoms with Crippen molar-refractivity contribution in [2.45, 2.75) is 47.0 Å². The number of benzene rings is 1. The van der Waals surface area contributed by atoms with Crippen molar-refractivity contribution in [3.8, 4) is 0 Å². The van der Waals surface area contributed by atoms with Gasteiger partial charge in [-0.05, 0) is 35.0 Å². The highest BCUT2D eigenvalue weighted by Crippen LogP contribution is 2.22. The molecule has 0 amide bonds. The zero-order valence-corrected chi connectivity index (χ0v) is 15.0. The van der Waals surface area contributed by atoms with Gasteiger partial charge in [-0.2, -0.15) is 0 Å². The Kier molecular flexibility index (Phi) is 6.61. The summed E-state index contributed by atoms with van der Waals surface area (Å²) in [6.07, 6.45) is 10.6. The smallest absolute Gasteiger partial charge is 0.0132 e. The minimum Gasteiger partial charge on any atom is -0.0988 e. The van der Waals surface area contributed by atoms with Crippen LogP contribution in [0.4, 0.5) is 0 Å². The van der Waals surface area contributed by atoms with Crippen molar-refractivity contribution in [1.82, 2.24) is 0 Å². The SMILES string of the molecule is C=C\C(=C/C=C(C)/C=C/c1ccc(C(C)(C)C)cc1)C(C)C. The zero-order valence-electron chi connectivity index (χ0n) is 15.0. The second-order valence-electron chi connectivity index (χ2n) is 7.14. The minimum atomic E-state index is 0.209. The van der Waals surface area contributed by atoms with Crippen molar-refractivity contribution < 1.29 is 0 Å². The van der Waals surface area contributed by atoms with Crippen molar-refractivity contribution in [3.63, 3.8) is 0 Å². The molecule has 22 heavy (non-hydrogen) atoms. The molecule has 0 nitrogen and oxygen atoms in total. The first kappa shape index (κ1) is 18.2. The molecular weight excluding hydrogens is 264 g/mol. The predicted molar refractivity (Wildman–Crippen MR) is 101 cm³/mol. The lowest BCUT2D eigenvalue weighted by Gasteiger charge is -2.18. The summed E-state index contributed by atoms with van der Waals surface area (Å²) in [5.74, 6) is 0.510. The number of rotatable bonds is 5. The average Bonchev–Trinajstić information content (AvgIpc) is 2.45. The van der Waals surface area contributed by atoms with E-state index in [2.05, 4.69) is 96.7 Å². The largest absolute Gasteiger partial charge is 0.0988 e. The summed E-state index contributed by atoms with van der Waals surface area (Å²) in [4.78, 5) is 0. The second-order valence-corrected chi connectivity index (χ2v) is 7.14. The summed E-state index contributed by atoms with van der Waals surface area (Å²) in [6.45, 7) is 17.1. The molecule has 0 N–H and O–H groups in total. The van der Waals surface area contributed by atoms with Gasteiger partial charge in [-0.25, -0.2) is 0 Å². The van der Waals surface area contributed by atoms with Gasteiger partial charge in [0, 0.05) is 0 Å². The van der Waals surface area contributed by atoms with Crippen LogP contribution in [0, 0.1) is 5.92 Å². The van der Waals surface area contributed by atoms with Gasteiger partial charge in [-0.15, -0.1) is 0 Å². The molecule has 0 spiro atoms. The third kappa shape index (κ3) is 5.89. The van der Waals surface area contributed by atoms with Crippen LogP contribution in [0.25, 0.3) is 6.08 Å². The van der Waals surface area contributed by atoms with E-state index in [1.807, 2.05) is 6.08 Å². The molecule has 0 aliphatic carbocycles. The molecule has 0 saturated heterocycles. The number of allylic oxidation sites excluding steroid dienone is 6. The van der Waals surface area contributed by atoms with Gasteiger partial charge in [0.05, 0.1) is 0 Å². The molecule has 0 saturated carbocycles. The van der Waals surface area contributed by atoms with E-state index in [0.717, 1.165) is 0 Å². The molecule has 0 atom stereocenters. The molecule has 0 radical (unpaired) electrons. The van der Waals surface area contributed by atoms with Gasteiger partial charge in [0.2, 0.25) is 0 Å². The van der Waals surface area contributed by atoms with Gasteiger partial charge in [0.1, 0.15) is 0 Å². The van der Waals surface area contributed by atoms with Crippen LogP contribution in [-0.4, -0.2) is 0 Å². The van der Waals surface area contributed by atoms with Crippen LogP contribution in [0.1, 0.15) is 52.7 Å². The van der Waals surface area contributed by atoms with Crippen LogP contribution < -0.4 is 0 Å². The molecule has 118 valence electrons. The monoisotopic (exact) mass is 294 g/mol. The summed E-state index contributed by atoms with van der Waals surface area (Å²) in [5.41, 5.74) is 5.31. The van der Waals surface area contributed by atoms with E-state index < -0.39 is 0 Å². The lowest BCUT2D eigenvalue weighted by molar-refractivity contribution is 0.590. The van der Waals surface area contributed by atoms with Crippen LogP contribution >= 0.6 is 0 Å². The Labute approximate surface area is 137 Å². The van der Waals surface area contributed by atoms with Crippen LogP contribution in [0.15, 0.2) is 66.3 Å². The van der Waals surface area contributed by atoms with Crippen LogP contribution in [0.3, 0.4) is 0 Å². The highest BCUT2D eigenvalue weighted by Gasteiger charge is 2.12. The Morgan fingerprint density at radius 1 is 1.05 bits per heavy atom. The maximum Gasteiger partial charge on any atom is -0.0132 e. The summed E-state index contributed by atoms with van der Waals surface area (Å²) in [7, 11) is 0. The van der Waals surface area contributed by atoms with Gasteiger partial charge in [-0.1, -0.05) is 101 Å². The summed E-state index contributed by atoms with van der Waals surface area (Å²) in [5, 5.41) is 0. The Morgan fingerprint density at radius 3 is 2.09 bits per heavy atom. The zero-order chi connectivity index (χ0) is 16.8. The molecule has 0 aromatic heterocycles. The molecule has 1 aromatic rings. The normalized spacial score (nSPS) is 14.0. The van der Waals surface area contributed by atoms with Crippen molar-refractivity contribution >= 4 is 6.08 Å². The third-order valence-corrected chi connectivity index (χ3v) is 3.76. The van der Waals surface area contributed by atoms with Gasteiger partial charge in [0.25, 0.3) is 0 Å². The Bertz CT molecular complexity index is 569. The third-order valence-electron chi connectivity index (χ3n) is 3.76. The van der Waals surface area contributed by atoms with E-state index in [9.17, 15) is 0 Å². The lowest BCUT2D eigenvalue weighted by atomic mass is 9.87. The number of hydrogen-bond donors (Lipinski definition) is 0. The molecule has 0 unspecified atom stereocenters. The maximum atomic E-state index is 3.87. The van der Waals surface area contributed by atoms with Gasteiger partial charge >= 0.3 is 0 Å². The first-order valence-corrected chi connectivity index (χ1v) is 8.03. The first-order valence-electron chi connectivity index (χ1n) is 8.03. The van der Waals surface area contributed by atoms with Crippen LogP contribution in [0.2, 0.25) is 0 Å². The molecular formula is C22H30. The second kappa shape index (κ2) is 7.98. The number of hydrogen-bond acceptors (Lipinski definition) is 0. The Hall–Kier alpha value is -1.82. The fourth-order valence-corrected chi connectivity index (χ4v) is 2.10. The van der Waals surface area contributed by atoms with Crippen LogP contribution in [-0.2, 0) is 5.41 Å². The van der Waals surface area contributed by atoms with E-state index in [0.29, 0.717) is 5.92 Å². The van der Waals surface area contributed by atoms with Gasteiger partial charge < -0.3 is 0 Å². The maximum absolute atomic E-state index is 3.87. The standard InChI is InChI=1S/C22H30/c1-8-20(17(2)3)14-10-18(4)9-11-19-12-15-21(16-13-19)22(5,6)7/h8-17H,1H2,2-7H3/b11-9+,18-10+,20-14+. The molecule has 0 fully saturated rings. The Morgan fingerprint density at radius 2 is 1.64 bits per heavy atom. The van der Waals surface area contributed by atoms with Crippen LogP contribution in [0.5, 0.6) is 0 Å². The van der Waals surface area contributed by atoms with Crippen molar-refractivity contribution in [2.75, 3.05) is 0 Å². The topological polar surface area (TPSA) is 0 Å². The minimum absolute atomic E-state index is 0.209. The van der Waals surface area contributed by atoms with Crippen molar-refractivity contribution in [3.05, 3.63) is 77.4 Å². The average molecular weight is 294 g/mol. The molecule has 0 bridgehead atoms. The van der Waals surface area contributed by atoms with E-state index >= 15 is 0 Å². The van der Waals surface area contributed by atoms with E-state index in [4.69, 9.17) is 0 Å². The molecule has 0 heteroatoms. The van der Waals surface area contributed by atoms with Crippen molar-refractivity contribution in [2.24, 2.45) is 5.92 Å². The highest BCUT2D eigenvalue weighted by molar-refractivity contribution is 5.53. The van der Waals surface area contributed by atoms with E-state index in [1.54, 1.807) is 0 Å². The fraction of sp³-hybridized carbons (Fsp3) is 0.364. The quantitative estimate of drug-likeness (QED) is 0.529.